The van der Waals surface area contributed by atoms with Crippen LogP contribution in [0.2, 0.25) is 0 Å². The van der Waals surface area contributed by atoms with Crippen molar-refractivity contribution in [3.63, 3.8) is 0 Å². The number of alkyl halides is 3. The van der Waals surface area contributed by atoms with Gasteiger partial charge >= 0.3 is 7.82 Å². The van der Waals surface area contributed by atoms with Crippen LogP contribution in [0.3, 0.4) is 0 Å². The van der Waals surface area contributed by atoms with E-state index in [0.717, 1.165) is 0 Å². The van der Waals surface area contributed by atoms with Gasteiger partial charge in [0.25, 0.3) is 0 Å². The minimum Gasteiger partial charge on any atom is -0.287 e. The van der Waals surface area contributed by atoms with Crippen molar-refractivity contribution in [2.45, 2.75) is 18.4 Å². The molecule has 0 aromatic heterocycles. The van der Waals surface area contributed by atoms with E-state index in [9.17, 15) is 4.57 Å². The summed E-state index contributed by atoms with van der Waals surface area (Å²) < 4.78 is 24.3. The second-order valence-corrected chi connectivity index (χ2v) is 5.42. The molecule has 86 valence electrons. The van der Waals surface area contributed by atoms with Crippen LogP contribution in [0.25, 0.3) is 0 Å². The minimum absolute atomic E-state index is 0.156. The Hall–Kier alpha value is 0.980. The molecule has 0 heterocycles. The van der Waals surface area contributed by atoms with Gasteiger partial charge in [0.15, 0.2) is 0 Å². The highest BCUT2D eigenvalue weighted by molar-refractivity contribution is 7.48. The molecule has 8 heteroatoms. The first-order chi connectivity index (χ1) is 6.39. The summed E-state index contributed by atoms with van der Waals surface area (Å²) in [5, 5.41) is 0. The first-order valence-electron chi connectivity index (χ1n) is 3.92. The molecule has 0 fully saturated rings. The standard InChI is InChI=1S/C6H12Cl3O4P/c1-3-11-14(10,12-4-2)13-6(8,9)5-7/h3-5H2,1-2H3. The molecule has 0 aliphatic heterocycles. The number of rotatable bonds is 7. The summed E-state index contributed by atoms with van der Waals surface area (Å²) in [6.07, 6.45) is 0. The van der Waals surface area contributed by atoms with E-state index in [0.29, 0.717) is 0 Å². The smallest absolute Gasteiger partial charge is 0.287 e. The highest BCUT2D eigenvalue weighted by atomic mass is 35.5. The number of phosphoric acid groups is 1. The van der Waals surface area contributed by atoms with Crippen LogP contribution in [0.15, 0.2) is 0 Å². The van der Waals surface area contributed by atoms with Crippen molar-refractivity contribution in [3.8, 4) is 0 Å². The Balaban J connectivity index is 4.43. The van der Waals surface area contributed by atoms with Crippen molar-refractivity contribution < 1.29 is 18.1 Å². The van der Waals surface area contributed by atoms with E-state index < -0.39 is 12.3 Å². The average Bonchev–Trinajstić information content (AvgIpc) is 2.03. The van der Waals surface area contributed by atoms with Gasteiger partial charge in [-0.2, -0.15) is 0 Å². The fourth-order valence-electron chi connectivity index (χ4n) is 0.594. The van der Waals surface area contributed by atoms with Crippen molar-refractivity contribution in [2.75, 3.05) is 19.1 Å². The summed E-state index contributed by atoms with van der Waals surface area (Å²) in [6, 6.07) is 0. The molecule has 0 aliphatic rings. The summed E-state index contributed by atoms with van der Waals surface area (Å²) in [6.45, 7) is 3.59. The Bertz CT molecular complexity index is 201. The largest absolute Gasteiger partial charge is 0.477 e. The molecule has 14 heavy (non-hydrogen) atoms. The maximum absolute atomic E-state index is 11.7. The van der Waals surface area contributed by atoms with Gasteiger partial charge in [-0.25, -0.2) is 9.09 Å². The first kappa shape index (κ1) is 15.0. The Morgan fingerprint density at radius 2 is 1.64 bits per heavy atom. The van der Waals surface area contributed by atoms with Crippen molar-refractivity contribution >= 4 is 42.6 Å². The van der Waals surface area contributed by atoms with E-state index in [1.807, 2.05) is 0 Å². The van der Waals surface area contributed by atoms with E-state index in [1.54, 1.807) is 13.8 Å². The molecule has 0 saturated heterocycles. The molecule has 0 aromatic carbocycles. The SMILES string of the molecule is CCOP(=O)(OCC)OC(Cl)(Cl)CCl. The van der Waals surface area contributed by atoms with Crippen molar-refractivity contribution in [1.29, 1.82) is 0 Å². The van der Waals surface area contributed by atoms with Crippen LogP contribution in [-0.4, -0.2) is 23.6 Å². The Morgan fingerprint density at radius 1 is 1.21 bits per heavy atom. The lowest BCUT2D eigenvalue weighted by Gasteiger charge is -2.23. The summed E-state index contributed by atoms with van der Waals surface area (Å²) >= 11 is 16.5. The lowest BCUT2D eigenvalue weighted by atomic mass is 10.8. The maximum atomic E-state index is 11.7. The fourth-order valence-corrected chi connectivity index (χ4v) is 2.44. The minimum atomic E-state index is -3.71. The zero-order chi connectivity index (χ0) is 11.2. The number of halogens is 3. The second-order valence-electron chi connectivity index (χ2n) is 2.15. The third-order valence-electron chi connectivity index (χ3n) is 0.975. The zero-order valence-corrected chi connectivity index (χ0v) is 11.0. The molecular weight excluding hydrogens is 273 g/mol. The number of hydrogen-bond acceptors (Lipinski definition) is 4. The average molecular weight is 285 g/mol. The summed E-state index contributed by atoms with van der Waals surface area (Å²) in [4.78, 5) is 0. The Labute approximate surface area is 98.4 Å². The molecule has 4 nitrogen and oxygen atoms in total. The van der Waals surface area contributed by atoms with E-state index in [-0.39, 0.29) is 19.1 Å². The van der Waals surface area contributed by atoms with Crippen molar-refractivity contribution in [1.82, 2.24) is 0 Å². The van der Waals surface area contributed by atoms with Gasteiger partial charge < -0.3 is 0 Å². The molecule has 0 spiro atoms. The van der Waals surface area contributed by atoms with Crippen molar-refractivity contribution in [3.05, 3.63) is 0 Å². The molecule has 0 rings (SSSR count). The van der Waals surface area contributed by atoms with Gasteiger partial charge in [0.1, 0.15) is 0 Å². The third kappa shape index (κ3) is 5.76. The van der Waals surface area contributed by atoms with E-state index >= 15 is 0 Å². The van der Waals surface area contributed by atoms with Crippen molar-refractivity contribution in [2.24, 2.45) is 0 Å². The van der Waals surface area contributed by atoms with Crippen LogP contribution in [-0.2, 0) is 18.1 Å². The Morgan fingerprint density at radius 3 is 1.93 bits per heavy atom. The van der Waals surface area contributed by atoms with Gasteiger partial charge in [-0.15, -0.1) is 11.6 Å². The van der Waals surface area contributed by atoms with E-state index in [1.165, 1.54) is 0 Å². The van der Waals surface area contributed by atoms with E-state index in [4.69, 9.17) is 48.4 Å². The van der Waals surface area contributed by atoms with Crippen LogP contribution in [0.4, 0.5) is 0 Å². The quantitative estimate of drug-likeness (QED) is 0.530. The van der Waals surface area contributed by atoms with Gasteiger partial charge in [-0.3, -0.25) is 9.05 Å². The molecule has 0 amide bonds. The lowest BCUT2D eigenvalue weighted by molar-refractivity contribution is 0.104. The molecule has 0 N–H and O–H groups in total. The van der Waals surface area contributed by atoms with Crippen LogP contribution in [0.1, 0.15) is 13.8 Å². The molecule has 0 saturated carbocycles. The molecule has 0 aliphatic carbocycles. The topological polar surface area (TPSA) is 44.8 Å². The van der Waals surface area contributed by atoms with Gasteiger partial charge in [0.2, 0.25) is 4.52 Å². The molecule has 0 aromatic rings. The van der Waals surface area contributed by atoms with Crippen LogP contribution in [0, 0.1) is 0 Å². The zero-order valence-electron chi connectivity index (χ0n) is 7.84. The third-order valence-corrected chi connectivity index (χ3v) is 3.95. The summed E-state index contributed by atoms with van der Waals surface area (Å²) in [7, 11) is -3.71. The maximum Gasteiger partial charge on any atom is 0.477 e. The van der Waals surface area contributed by atoms with Crippen LogP contribution < -0.4 is 0 Å². The molecule has 0 unspecified atom stereocenters. The normalized spacial score (nSPS) is 13.2. The second kappa shape index (κ2) is 6.54. The van der Waals surface area contributed by atoms with Crippen LogP contribution >= 0.6 is 42.6 Å². The Kier molecular flexibility index (Phi) is 7.00. The van der Waals surface area contributed by atoms with Gasteiger partial charge in [0, 0.05) is 0 Å². The fraction of sp³-hybridized carbons (Fsp3) is 1.00. The first-order valence-corrected chi connectivity index (χ1v) is 6.68. The molecule has 0 atom stereocenters. The lowest BCUT2D eigenvalue weighted by Crippen LogP contribution is -2.19. The molecular formula is C6H12Cl3O4P. The van der Waals surface area contributed by atoms with Crippen LogP contribution in [0.5, 0.6) is 0 Å². The molecule has 0 bridgehead atoms. The summed E-state index contributed by atoms with van der Waals surface area (Å²) in [5.41, 5.74) is 0. The van der Waals surface area contributed by atoms with Gasteiger partial charge in [-0.05, 0) is 13.8 Å². The highest BCUT2D eigenvalue weighted by Crippen LogP contribution is 2.54. The number of hydrogen-bond donors (Lipinski definition) is 0. The highest BCUT2D eigenvalue weighted by Gasteiger charge is 2.37. The van der Waals surface area contributed by atoms with E-state index in [2.05, 4.69) is 0 Å². The predicted octanol–water partition coefficient (Wildman–Crippen LogP) is 3.55. The summed E-state index contributed by atoms with van der Waals surface area (Å²) in [5.74, 6) is -0.250. The monoisotopic (exact) mass is 284 g/mol. The predicted molar refractivity (Wildman–Crippen MR) is 57.1 cm³/mol. The van der Waals surface area contributed by atoms with Gasteiger partial charge in [-0.1, -0.05) is 23.2 Å². The van der Waals surface area contributed by atoms with Gasteiger partial charge in [0.05, 0.1) is 19.1 Å². The molecule has 0 radical (unpaired) electrons. The number of phosphoric ester groups is 1.